The van der Waals surface area contributed by atoms with E-state index in [2.05, 4.69) is 20.1 Å². The van der Waals surface area contributed by atoms with E-state index >= 15 is 0 Å². The number of anilines is 1. The van der Waals surface area contributed by atoms with Crippen LogP contribution in [0, 0.1) is 0 Å². The number of benzene rings is 1. The fourth-order valence-corrected chi connectivity index (χ4v) is 3.22. The summed E-state index contributed by atoms with van der Waals surface area (Å²) >= 11 is 0. The topological polar surface area (TPSA) is 97.9 Å². The van der Waals surface area contributed by atoms with Gasteiger partial charge in [-0.15, -0.1) is 0 Å². The molecule has 140 valence electrons. The molecule has 8 nitrogen and oxygen atoms in total. The first kappa shape index (κ1) is 18.4. The van der Waals surface area contributed by atoms with Gasteiger partial charge in [-0.2, -0.15) is 0 Å². The third-order valence-electron chi connectivity index (χ3n) is 4.61. The van der Waals surface area contributed by atoms with Crippen LogP contribution in [-0.2, 0) is 9.53 Å². The SMILES string of the molecule is COC(=O)c1[nH]c2ccccc2c1NC(=O)CN1CCN(CCO)CC1. The molecular formula is C18H24N4O4. The number of aliphatic hydroxyl groups is 1. The normalized spacial score (nSPS) is 15.9. The van der Waals surface area contributed by atoms with Gasteiger partial charge in [0.15, 0.2) is 0 Å². The van der Waals surface area contributed by atoms with Crippen LogP contribution in [0.25, 0.3) is 10.9 Å². The summed E-state index contributed by atoms with van der Waals surface area (Å²) < 4.78 is 4.81. The zero-order valence-electron chi connectivity index (χ0n) is 14.8. The van der Waals surface area contributed by atoms with E-state index in [-0.39, 0.29) is 24.8 Å². The Morgan fingerprint density at radius 3 is 2.58 bits per heavy atom. The zero-order chi connectivity index (χ0) is 18.5. The van der Waals surface area contributed by atoms with Crippen molar-refractivity contribution < 1.29 is 19.4 Å². The molecule has 8 heteroatoms. The minimum atomic E-state index is -0.519. The van der Waals surface area contributed by atoms with E-state index < -0.39 is 5.97 Å². The first-order chi connectivity index (χ1) is 12.6. The Morgan fingerprint density at radius 2 is 1.88 bits per heavy atom. The molecular weight excluding hydrogens is 336 g/mol. The highest BCUT2D eigenvalue weighted by Crippen LogP contribution is 2.28. The number of esters is 1. The molecule has 0 saturated carbocycles. The number of aromatic nitrogens is 1. The van der Waals surface area contributed by atoms with Crippen molar-refractivity contribution in [2.75, 3.05) is 58.3 Å². The average Bonchev–Trinajstić information content (AvgIpc) is 3.01. The predicted octanol–water partition coefficient (Wildman–Crippen LogP) is 0.503. The maximum Gasteiger partial charge on any atom is 0.356 e. The summed E-state index contributed by atoms with van der Waals surface area (Å²) in [6.07, 6.45) is 0. The van der Waals surface area contributed by atoms with Crippen molar-refractivity contribution in [1.82, 2.24) is 14.8 Å². The molecule has 26 heavy (non-hydrogen) atoms. The van der Waals surface area contributed by atoms with Gasteiger partial charge in [-0.05, 0) is 6.07 Å². The quantitative estimate of drug-likeness (QED) is 0.649. The molecule has 1 aromatic carbocycles. The second-order valence-electron chi connectivity index (χ2n) is 6.30. The van der Waals surface area contributed by atoms with E-state index in [1.165, 1.54) is 7.11 Å². The van der Waals surface area contributed by atoms with E-state index in [1.807, 2.05) is 24.3 Å². The summed E-state index contributed by atoms with van der Waals surface area (Å²) in [6.45, 7) is 4.27. The summed E-state index contributed by atoms with van der Waals surface area (Å²) in [5, 5.41) is 12.6. The van der Waals surface area contributed by atoms with Gasteiger partial charge in [0, 0.05) is 43.6 Å². The molecule has 1 aliphatic heterocycles. The number of nitrogens with one attached hydrogen (secondary N) is 2. The molecule has 0 atom stereocenters. The highest BCUT2D eigenvalue weighted by Gasteiger charge is 2.22. The Hall–Kier alpha value is -2.42. The number of piperazine rings is 1. The summed E-state index contributed by atoms with van der Waals surface area (Å²) in [5.41, 5.74) is 1.46. The number of β-amino-alcohol motifs (C(OH)–C–C–N with tert-alkyl or cyclic N) is 1. The number of methoxy groups -OCH3 is 1. The van der Waals surface area contributed by atoms with Gasteiger partial charge in [0.05, 0.1) is 25.9 Å². The van der Waals surface area contributed by atoms with E-state index in [9.17, 15) is 9.59 Å². The van der Waals surface area contributed by atoms with E-state index in [0.717, 1.165) is 37.1 Å². The number of fused-ring (bicyclic) bond motifs is 1. The number of rotatable bonds is 6. The lowest BCUT2D eigenvalue weighted by Gasteiger charge is -2.33. The Labute approximate surface area is 151 Å². The number of carbonyl (C=O) groups excluding carboxylic acids is 2. The highest BCUT2D eigenvalue weighted by molar-refractivity contribution is 6.11. The van der Waals surface area contributed by atoms with Gasteiger partial charge in [-0.25, -0.2) is 4.79 Å². The lowest BCUT2D eigenvalue weighted by atomic mass is 10.2. The van der Waals surface area contributed by atoms with Crippen molar-refractivity contribution in [3.8, 4) is 0 Å². The molecule has 0 spiro atoms. The van der Waals surface area contributed by atoms with E-state index in [1.54, 1.807) is 0 Å². The Balaban J connectivity index is 1.68. The number of H-pyrrole nitrogens is 1. The van der Waals surface area contributed by atoms with Crippen LogP contribution in [0.15, 0.2) is 24.3 Å². The molecule has 1 aromatic heterocycles. The number of amides is 1. The van der Waals surface area contributed by atoms with Crippen molar-refractivity contribution in [3.63, 3.8) is 0 Å². The third kappa shape index (κ3) is 4.04. The van der Waals surface area contributed by atoms with Crippen molar-refractivity contribution in [2.24, 2.45) is 0 Å². The highest BCUT2D eigenvalue weighted by atomic mass is 16.5. The van der Waals surface area contributed by atoms with Gasteiger partial charge >= 0.3 is 5.97 Å². The fourth-order valence-electron chi connectivity index (χ4n) is 3.22. The Morgan fingerprint density at radius 1 is 1.19 bits per heavy atom. The number of nitrogens with zero attached hydrogens (tertiary/aromatic N) is 2. The third-order valence-corrected chi connectivity index (χ3v) is 4.61. The number of aliphatic hydroxyl groups excluding tert-OH is 1. The molecule has 0 radical (unpaired) electrons. The molecule has 0 bridgehead atoms. The zero-order valence-corrected chi connectivity index (χ0v) is 14.8. The second-order valence-corrected chi connectivity index (χ2v) is 6.30. The maximum absolute atomic E-state index is 12.5. The molecule has 0 unspecified atom stereocenters. The fraction of sp³-hybridized carbons (Fsp3) is 0.444. The molecule has 0 aliphatic carbocycles. The van der Waals surface area contributed by atoms with Crippen LogP contribution < -0.4 is 5.32 Å². The summed E-state index contributed by atoms with van der Waals surface area (Å²) in [5.74, 6) is -0.690. The predicted molar refractivity (Wildman–Crippen MR) is 98.2 cm³/mol. The smallest absolute Gasteiger partial charge is 0.356 e. The molecule has 3 rings (SSSR count). The average molecular weight is 360 g/mol. The summed E-state index contributed by atoms with van der Waals surface area (Å²) in [4.78, 5) is 31.8. The first-order valence-electron chi connectivity index (χ1n) is 8.67. The molecule has 1 aliphatic rings. The van der Waals surface area contributed by atoms with Crippen molar-refractivity contribution in [1.29, 1.82) is 0 Å². The van der Waals surface area contributed by atoms with Crippen LogP contribution >= 0.6 is 0 Å². The number of carbonyl (C=O) groups is 2. The van der Waals surface area contributed by atoms with Crippen LogP contribution in [-0.4, -0.2) is 84.8 Å². The first-order valence-corrected chi connectivity index (χ1v) is 8.67. The summed E-state index contributed by atoms with van der Waals surface area (Å²) in [6, 6.07) is 7.41. The van der Waals surface area contributed by atoms with Crippen molar-refractivity contribution >= 4 is 28.5 Å². The van der Waals surface area contributed by atoms with Crippen LogP contribution in [0.1, 0.15) is 10.5 Å². The van der Waals surface area contributed by atoms with Crippen LogP contribution in [0.4, 0.5) is 5.69 Å². The number of ether oxygens (including phenoxy) is 1. The second kappa shape index (κ2) is 8.31. The lowest BCUT2D eigenvalue weighted by Crippen LogP contribution is -2.49. The van der Waals surface area contributed by atoms with Crippen LogP contribution in [0.5, 0.6) is 0 Å². The van der Waals surface area contributed by atoms with Gasteiger partial charge in [0.25, 0.3) is 0 Å². The molecule has 2 aromatic rings. The monoisotopic (exact) mass is 360 g/mol. The largest absolute Gasteiger partial charge is 0.464 e. The van der Waals surface area contributed by atoms with Gasteiger partial charge in [-0.1, -0.05) is 18.2 Å². The van der Waals surface area contributed by atoms with Gasteiger partial charge in [0.2, 0.25) is 5.91 Å². The number of hydrogen-bond acceptors (Lipinski definition) is 6. The molecule has 1 fully saturated rings. The van der Waals surface area contributed by atoms with Gasteiger partial charge < -0.3 is 20.1 Å². The molecule has 3 N–H and O–H groups in total. The lowest BCUT2D eigenvalue weighted by molar-refractivity contribution is -0.117. The van der Waals surface area contributed by atoms with Gasteiger partial charge in [0.1, 0.15) is 5.69 Å². The molecule has 2 heterocycles. The number of para-hydroxylation sites is 1. The van der Waals surface area contributed by atoms with E-state index in [0.29, 0.717) is 12.2 Å². The van der Waals surface area contributed by atoms with E-state index in [4.69, 9.17) is 9.84 Å². The standard InChI is InChI=1S/C18H24N4O4/c1-26-18(25)17-16(13-4-2-3-5-14(13)19-17)20-15(24)12-22-8-6-21(7-9-22)10-11-23/h2-5,19,23H,6-12H2,1H3,(H,20,24). The number of hydrogen-bond donors (Lipinski definition) is 3. The Bertz CT molecular complexity index is 781. The minimum absolute atomic E-state index is 0.150. The van der Waals surface area contributed by atoms with Crippen LogP contribution in [0.2, 0.25) is 0 Å². The summed E-state index contributed by atoms with van der Waals surface area (Å²) in [7, 11) is 1.31. The molecule has 1 saturated heterocycles. The van der Waals surface area contributed by atoms with Crippen molar-refractivity contribution in [2.45, 2.75) is 0 Å². The Kier molecular flexibility index (Phi) is 5.87. The van der Waals surface area contributed by atoms with Crippen LogP contribution in [0.3, 0.4) is 0 Å². The van der Waals surface area contributed by atoms with Crippen molar-refractivity contribution in [3.05, 3.63) is 30.0 Å². The molecule has 1 amide bonds. The maximum atomic E-state index is 12.5. The minimum Gasteiger partial charge on any atom is -0.464 e. The van der Waals surface area contributed by atoms with Gasteiger partial charge in [-0.3, -0.25) is 14.6 Å². The number of aromatic amines is 1.